The molecular weight excluding hydrogens is 310 g/mol. The Bertz CT molecular complexity index is 423. The quantitative estimate of drug-likeness (QED) is 0.732. The summed E-state index contributed by atoms with van der Waals surface area (Å²) in [4.78, 5) is 0. The zero-order chi connectivity index (χ0) is 9.97. The molecule has 0 saturated carbocycles. The third-order valence-electron chi connectivity index (χ3n) is 1.99. The lowest BCUT2D eigenvalue weighted by atomic mass is 10.1. The predicted molar refractivity (Wildman–Crippen MR) is 66.2 cm³/mol. The van der Waals surface area contributed by atoms with Gasteiger partial charge >= 0.3 is 0 Å². The summed E-state index contributed by atoms with van der Waals surface area (Å²) in [5.74, 6) is -0.163. The Kier molecular flexibility index (Phi) is 3.18. The van der Waals surface area contributed by atoms with Crippen LogP contribution in [0.3, 0.4) is 0 Å². The van der Waals surface area contributed by atoms with Crippen LogP contribution in [-0.2, 0) is 6.42 Å². The maximum Gasteiger partial charge on any atom is 0.124 e. The Morgan fingerprint density at radius 1 is 1.29 bits per heavy atom. The van der Waals surface area contributed by atoms with Gasteiger partial charge in [0.1, 0.15) is 5.82 Å². The van der Waals surface area contributed by atoms with Crippen molar-refractivity contribution in [2.45, 2.75) is 6.42 Å². The van der Waals surface area contributed by atoms with Gasteiger partial charge in [-0.2, -0.15) is 11.3 Å². The van der Waals surface area contributed by atoms with E-state index in [0.717, 1.165) is 9.99 Å². The van der Waals surface area contributed by atoms with Crippen LogP contribution in [0.4, 0.5) is 4.39 Å². The Labute approximate surface area is 99.9 Å². The van der Waals surface area contributed by atoms with Crippen molar-refractivity contribution in [2.75, 3.05) is 0 Å². The van der Waals surface area contributed by atoms with E-state index < -0.39 is 0 Å². The van der Waals surface area contributed by atoms with E-state index >= 15 is 0 Å². The van der Waals surface area contributed by atoms with E-state index in [0.29, 0.717) is 0 Å². The second-order valence-corrected chi connectivity index (χ2v) is 4.99. The van der Waals surface area contributed by atoms with Gasteiger partial charge in [-0.15, -0.1) is 0 Å². The van der Waals surface area contributed by atoms with Crippen LogP contribution in [0.1, 0.15) is 11.1 Å². The number of thiophene rings is 1. The maximum absolute atomic E-state index is 12.8. The van der Waals surface area contributed by atoms with Gasteiger partial charge in [-0.1, -0.05) is 6.07 Å². The molecule has 0 saturated heterocycles. The molecular formula is C11H8FIS. The van der Waals surface area contributed by atoms with Crippen molar-refractivity contribution >= 4 is 33.9 Å². The molecule has 2 aromatic rings. The highest BCUT2D eigenvalue weighted by atomic mass is 127. The van der Waals surface area contributed by atoms with E-state index in [9.17, 15) is 4.39 Å². The molecule has 0 fully saturated rings. The third kappa shape index (κ3) is 2.33. The first kappa shape index (κ1) is 10.1. The lowest BCUT2D eigenvalue weighted by Gasteiger charge is -2.02. The molecule has 14 heavy (non-hydrogen) atoms. The van der Waals surface area contributed by atoms with Crippen LogP contribution in [0.2, 0.25) is 0 Å². The summed E-state index contributed by atoms with van der Waals surface area (Å²) in [6, 6.07) is 7.05. The minimum absolute atomic E-state index is 0.163. The molecule has 1 aromatic heterocycles. The molecule has 0 radical (unpaired) electrons. The van der Waals surface area contributed by atoms with E-state index in [4.69, 9.17) is 0 Å². The molecule has 0 aliphatic carbocycles. The Morgan fingerprint density at radius 2 is 2.14 bits per heavy atom. The maximum atomic E-state index is 12.8. The summed E-state index contributed by atoms with van der Waals surface area (Å²) in [7, 11) is 0. The van der Waals surface area contributed by atoms with Crippen molar-refractivity contribution in [1.82, 2.24) is 0 Å². The van der Waals surface area contributed by atoms with Crippen LogP contribution >= 0.6 is 33.9 Å². The van der Waals surface area contributed by atoms with Crippen LogP contribution < -0.4 is 0 Å². The highest BCUT2D eigenvalue weighted by Crippen LogP contribution is 2.18. The van der Waals surface area contributed by atoms with E-state index in [1.165, 1.54) is 17.2 Å². The monoisotopic (exact) mass is 318 g/mol. The van der Waals surface area contributed by atoms with Gasteiger partial charge in [0.25, 0.3) is 0 Å². The highest BCUT2D eigenvalue weighted by Gasteiger charge is 2.02. The molecule has 3 heteroatoms. The Hall–Kier alpha value is -0.420. The topological polar surface area (TPSA) is 0 Å². The molecule has 0 aliphatic rings. The SMILES string of the molecule is Fc1ccc(Cc2ccsc2)c(I)c1. The fraction of sp³-hybridized carbons (Fsp3) is 0.0909. The Morgan fingerprint density at radius 3 is 2.79 bits per heavy atom. The summed E-state index contributed by atoms with van der Waals surface area (Å²) in [5, 5.41) is 4.19. The van der Waals surface area contributed by atoms with Crippen molar-refractivity contribution in [3.05, 3.63) is 55.5 Å². The molecule has 0 aliphatic heterocycles. The summed E-state index contributed by atoms with van der Waals surface area (Å²) in [6.45, 7) is 0. The standard InChI is InChI=1S/C11H8FIS/c12-10-2-1-9(11(13)6-10)5-8-3-4-14-7-8/h1-4,6-7H,5H2. The van der Waals surface area contributed by atoms with Crippen LogP contribution in [-0.4, -0.2) is 0 Å². The summed E-state index contributed by atoms with van der Waals surface area (Å²) >= 11 is 3.87. The molecule has 0 amide bonds. The largest absolute Gasteiger partial charge is 0.207 e. The molecule has 72 valence electrons. The van der Waals surface area contributed by atoms with E-state index in [1.54, 1.807) is 17.4 Å². The van der Waals surface area contributed by atoms with Gasteiger partial charge in [0, 0.05) is 3.57 Å². The minimum Gasteiger partial charge on any atom is -0.207 e. The molecule has 0 unspecified atom stereocenters. The Balaban J connectivity index is 2.25. The van der Waals surface area contributed by atoms with Crippen molar-refractivity contribution in [2.24, 2.45) is 0 Å². The van der Waals surface area contributed by atoms with E-state index in [1.807, 2.05) is 6.07 Å². The number of hydrogen-bond donors (Lipinski definition) is 0. The van der Waals surface area contributed by atoms with Gasteiger partial charge in [-0.3, -0.25) is 0 Å². The molecule has 1 aromatic carbocycles. The first-order chi connectivity index (χ1) is 6.75. The van der Waals surface area contributed by atoms with Crippen LogP contribution in [0.5, 0.6) is 0 Å². The second-order valence-electron chi connectivity index (χ2n) is 3.04. The molecule has 0 bridgehead atoms. The van der Waals surface area contributed by atoms with Gasteiger partial charge < -0.3 is 0 Å². The summed E-state index contributed by atoms with van der Waals surface area (Å²) < 4.78 is 13.8. The van der Waals surface area contributed by atoms with Crippen molar-refractivity contribution in [3.8, 4) is 0 Å². The average Bonchev–Trinajstić information content (AvgIpc) is 2.62. The number of rotatable bonds is 2. The van der Waals surface area contributed by atoms with Crippen LogP contribution in [0.25, 0.3) is 0 Å². The van der Waals surface area contributed by atoms with Gasteiger partial charge in [0.2, 0.25) is 0 Å². The first-order valence-electron chi connectivity index (χ1n) is 4.21. The minimum atomic E-state index is -0.163. The summed E-state index contributed by atoms with van der Waals surface area (Å²) in [6.07, 6.45) is 0.891. The fourth-order valence-electron chi connectivity index (χ4n) is 1.28. The third-order valence-corrected chi connectivity index (χ3v) is 3.73. The molecule has 2 rings (SSSR count). The smallest absolute Gasteiger partial charge is 0.124 e. The van der Waals surface area contributed by atoms with E-state index in [2.05, 4.69) is 39.4 Å². The second kappa shape index (κ2) is 4.40. The van der Waals surface area contributed by atoms with Crippen molar-refractivity contribution < 1.29 is 4.39 Å². The number of benzene rings is 1. The molecule has 1 heterocycles. The zero-order valence-electron chi connectivity index (χ0n) is 7.34. The highest BCUT2D eigenvalue weighted by molar-refractivity contribution is 14.1. The summed E-state index contributed by atoms with van der Waals surface area (Å²) in [5.41, 5.74) is 2.48. The molecule has 0 spiro atoms. The predicted octanol–water partition coefficient (Wildman–Crippen LogP) is 4.08. The fourth-order valence-corrected chi connectivity index (χ4v) is 2.61. The average molecular weight is 318 g/mol. The number of hydrogen-bond acceptors (Lipinski definition) is 1. The van der Waals surface area contributed by atoms with Gasteiger partial charge in [-0.25, -0.2) is 4.39 Å². The first-order valence-corrected chi connectivity index (χ1v) is 6.23. The van der Waals surface area contributed by atoms with Crippen LogP contribution in [0, 0.1) is 9.39 Å². The molecule has 0 N–H and O–H groups in total. The normalized spacial score (nSPS) is 10.4. The molecule has 0 atom stereocenters. The lowest BCUT2D eigenvalue weighted by Crippen LogP contribution is -1.90. The molecule has 0 nitrogen and oxygen atoms in total. The van der Waals surface area contributed by atoms with Crippen molar-refractivity contribution in [3.63, 3.8) is 0 Å². The van der Waals surface area contributed by atoms with Crippen LogP contribution in [0.15, 0.2) is 35.0 Å². The van der Waals surface area contributed by atoms with Crippen molar-refractivity contribution in [1.29, 1.82) is 0 Å². The van der Waals surface area contributed by atoms with Gasteiger partial charge in [0.15, 0.2) is 0 Å². The lowest BCUT2D eigenvalue weighted by molar-refractivity contribution is 0.626. The van der Waals surface area contributed by atoms with Gasteiger partial charge in [-0.05, 0) is 69.1 Å². The zero-order valence-corrected chi connectivity index (χ0v) is 10.3. The van der Waals surface area contributed by atoms with Gasteiger partial charge in [0.05, 0.1) is 0 Å². The number of halogens is 2. The van der Waals surface area contributed by atoms with E-state index in [-0.39, 0.29) is 5.82 Å².